The standard InChI is InChI=1S/C33H46FN7O5Si/c1-21-30(37-38-41(21)25-13-15-39(19-27(25)42)31(43)46-32(2,3)4)22-16-28(26-12-14-36-40(26)18-22)45-29(24-11-10-23(34)17-35-24)20-44-47(8,9)33(5,6)7/h10-12,14,16-18,25,27,29,42H,13,15,19-20H2,1-9H3/t25-,27+,29?/m0/s1. The van der Waals surface area contributed by atoms with Gasteiger partial charge in [0.05, 0.1) is 49.1 Å². The fraction of sp³-hybridized carbons (Fsp3) is 0.545. The van der Waals surface area contributed by atoms with E-state index in [0.717, 1.165) is 11.2 Å². The Hall–Kier alpha value is -3.88. The number of nitrogens with zero attached hydrogens (tertiary/aromatic N) is 7. The molecular formula is C33H46FN7O5Si. The van der Waals surface area contributed by atoms with Crippen LogP contribution in [-0.4, -0.2) is 85.4 Å². The number of piperidine rings is 1. The first-order chi connectivity index (χ1) is 21.9. The number of hydrogen-bond donors (Lipinski definition) is 1. The molecule has 1 saturated heterocycles. The minimum atomic E-state index is -2.15. The Kier molecular flexibility index (Phi) is 9.50. The lowest BCUT2D eigenvalue weighted by Crippen LogP contribution is -2.49. The molecule has 0 aromatic carbocycles. The number of carbonyl (C=O) groups excluding carboxylic acids is 1. The number of pyridine rings is 2. The van der Waals surface area contributed by atoms with Crippen LogP contribution < -0.4 is 4.74 Å². The quantitative estimate of drug-likeness (QED) is 0.221. The van der Waals surface area contributed by atoms with Crippen LogP contribution in [0.5, 0.6) is 5.75 Å². The number of halogens is 1. The van der Waals surface area contributed by atoms with Gasteiger partial charge in [-0.1, -0.05) is 26.0 Å². The topological polar surface area (TPSA) is 129 Å². The number of likely N-dealkylation sites (tertiary alicyclic amines) is 1. The van der Waals surface area contributed by atoms with E-state index in [0.29, 0.717) is 35.7 Å². The molecule has 0 radical (unpaired) electrons. The molecule has 3 atom stereocenters. The molecular weight excluding hydrogens is 621 g/mol. The molecule has 254 valence electrons. The number of β-amino-alcohol motifs (C(OH)–C–C–N with tert-alkyl or cyclic N) is 1. The first-order valence-electron chi connectivity index (χ1n) is 15.9. The number of carbonyl (C=O) groups is 1. The number of hydrogen-bond acceptors (Lipinski definition) is 9. The van der Waals surface area contributed by atoms with Crippen LogP contribution in [-0.2, 0) is 9.16 Å². The van der Waals surface area contributed by atoms with Crippen LogP contribution in [0, 0.1) is 12.7 Å². The van der Waals surface area contributed by atoms with Gasteiger partial charge in [-0.25, -0.2) is 18.4 Å². The predicted octanol–water partition coefficient (Wildman–Crippen LogP) is 6.12. The average Bonchev–Trinajstić information content (AvgIpc) is 3.61. The minimum absolute atomic E-state index is 0.0182. The molecule has 0 saturated carbocycles. The lowest BCUT2D eigenvalue weighted by atomic mass is 10.0. The van der Waals surface area contributed by atoms with Gasteiger partial charge in [0.25, 0.3) is 0 Å². The molecule has 1 amide bonds. The zero-order valence-electron chi connectivity index (χ0n) is 28.7. The van der Waals surface area contributed by atoms with Gasteiger partial charge in [-0.05, 0) is 76.5 Å². The van der Waals surface area contributed by atoms with E-state index in [-0.39, 0.29) is 24.2 Å². The number of ether oxygens (including phenoxy) is 2. The third kappa shape index (κ3) is 7.65. The number of aliphatic hydroxyl groups excluding tert-OH is 1. The maximum Gasteiger partial charge on any atom is 0.410 e. The van der Waals surface area contributed by atoms with E-state index in [9.17, 15) is 14.3 Å². The number of rotatable bonds is 8. The summed E-state index contributed by atoms with van der Waals surface area (Å²) in [5.74, 6) is 0.0896. The molecule has 0 bridgehead atoms. The van der Waals surface area contributed by atoms with Crippen LogP contribution in [0.2, 0.25) is 18.1 Å². The Morgan fingerprint density at radius 3 is 2.55 bits per heavy atom. The smallest absolute Gasteiger partial charge is 0.410 e. The van der Waals surface area contributed by atoms with Crippen molar-refractivity contribution in [3.63, 3.8) is 0 Å². The van der Waals surface area contributed by atoms with Crippen molar-refractivity contribution < 1.29 is 28.2 Å². The van der Waals surface area contributed by atoms with Gasteiger partial charge in [0.1, 0.15) is 28.4 Å². The highest BCUT2D eigenvalue weighted by molar-refractivity contribution is 6.74. The number of aliphatic hydroxyl groups is 1. The lowest BCUT2D eigenvalue weighted by Gasteiger charge is -2.37. The van der Waals surface area contributed by atoms with Crippen molar-refractivity contribution in [1.82, 2.24) is 34.5 Å². The third-order valence-electron chi connectivity index (χ3n) is 8.93. The molecule has 1 N–H and O–H groups in total. The van der Waals surface area contributed by atoms with Gasteiger partial charge in [-0.3, -0.25) is 4.98 Å². The van der Waals surface area contributed by atoms with E-state index < -0.39 is 38.0 Å². The summed E-state index contributed by atoms with van der Waals surface area (Å²) in [7, 11) is -2.15. The van der Waals surface area contributed by atoms with Gasteiger partial charge < -0.3 is 23.9 Å². The maximum atomic E-state index is 13.8. The molecule has 12 nitrogen and oxygen atoms in total. The summed E-state index contributed by atoms with van der Waals surface area (Å²) >= 11 is 0. The van der Waals surface area contributed by atoms with E-state index >= 15 is 0 Å². The molecule has 1 fully saturated rings. The highest BCUT2D eigenvalue weighted by Crippen LogP contribution is 2.38. The normalized spacial score (nSPS) is 18.4. The molecule has 0 aliphatic carbocycles. The second-order valence-corrected chi connectivity index (χ2v) is 19.5. The fourth-order valence-corrected chi connectivity index (χ4v) is 6.25. The summed E-state index contributed by atoms with van der Waals surface area (Å²) in [5, 5.41) is 24.5. The fourth-order valence-electron chi connectivity index (χ4n) is 5.25. The maximum absolute atomic E-state index is 13.8. The molecule has 1 aliphatic heterocycles. The van der Waals surface area contributed by atoms with Gasteiger partial charge in [0.15, 0.2) is 14.4 Å². The van der Waals surface area contributed by atoms with Gasteiger partial charge in [0.2, 0.25) is 0 Å². The third-order valence-corrected chi connectivity index (χ3v) is 13.4. The second kappa shape index (κ2) is 13.0. The molecule has 5 heterocycles. The van der Waals surface area contributed by atoms with E-state index in [1.165, 1.54) is 17.2 Å². The Balaban J connectivity index is 1.42. The summed E-state index contributed by atoms with van der Waals surface area (Å²) in [6, 6.07) is 6.33. The zero-order chi connectivity index (χ0) is 34.3. The highest BCUT2D eigenvalue weighted by atomic mass is 28.4. The molecule has 47 heavy (non-hydrogen) atoms. The van der Waals surface area contributed by atoms with Crippen LogP contribution in [0.4, 0.5) is 9.18 Å². The van der Waals surface area contributed by atoms with Crippen LogP contribution >= 0.6 is 0 Å². The minimum Gasteiger partial charge on any atom is -0.479 e. The van der Waals surface area contributed by atoms with Crippen molar-refractivity contribution in [2.75, 3.05) is 19.7 Å². The molecule has 5 rings (SSSR count). The van der Waals surface area contributed by atoms with E-state index in [1.54, 1.807) is 21.5 Å². The molecule has 4 aromatic heterocycles. The summed E-state index contributed by atoms with van der Waals surface area (Å²) in [6.07, 6.45) is 3.26. The van der Waals surface area contributed by atoms with Crippen LogP contribution in [0.1, 0.15) is 71.5 Å². The monoisotopic (exact) mass is 667 g/mol. The first kappa shape index (κ1) is 34.5. The average molecular weight is 668 g/mol. The molecule has 14 heteroatoms. The van der Waals surface area contributed by atoms with Crippen molar-refractivity contribution in [2.45, 2.75) is 96.9 Å². The van der Waals surface area contributed by atoms with Crippen LogP contribution in [0.25, 0.3) is 16.8 Å². The Bertz CT molecular complexity index is 1710. The Morgan fingerprint density at radius 2 is 1.91 bits per heavy atom. The number of aromatic nitrogens is 6. The largest absolute Gasteiger partial charge is 0.479 e. The van der Waals surface area contributed by atoms with Gasteiger partial charge >= 0.3 is 6.09 Å². The van der Waals surface area contributed by atoms with E-state index in [4.69, 9.17) is 13.9 Å². The van der Waals surface area contributed by atoms with Crippen molar-refractivity contribution >= 4 is 19.9 Å². The van der Waals surface area contributed by atoms with Crippen molar-refractivity contribution in [3.05, 3.63) is 60.1 Å². The van der Waals surface area contributed by atoms with Gasteiger partial charge in [0, 0.05) is 18.3 Å². The Labute approximate surface area is 276 Å². The molecule has 1 aliphatic rings. The zero-order valence-corrected chi connectivity index (χ0v) is 29.7. The van der Waals surface area contributed by atoms with Gasteiger partial charge in [-0.15, -0.1) is 5.10 Å². The van der Waals surface area contributed by atoms with Crippen LogP contribution in [0.15, 0.2) is 42.9 Å². The molecule has 4 aromatic rings. The predicted molar refractivity (Wildman–Crippen MR) is 177 cm³/mol. The second-order valence-electron chi connectivity index (χ2n) is 14.7. The van der Waals surface area contributed by atoms with Gasteiger partial charge in [-0.2, -0.15) is 5.10 Å². The van der Waals surface area contributed by atoms with Crippen molar-refractivity contribution in [3.8, 4) is 17.0 Å². The molecule has 0 spiro atoms. The summed E-state index contributed by atoms with van der Waals surface area (Å²) in [4.78, 5) is 18.5. The Morgan fingerprint density at radius 1 is 1.17 bits per heavy atom. The summed E-state index contributed by atoms with van der Waals surface area (Å²) < 4.78 is 35.9. The summed E-state index contributed by atoms with van der Waals surface area (Å²) in [5.41, 5.74) is 2.70. The SMILES string of the molecule is Cc1c(-c2cc(OC(CO[Si](C)(C)C(C)(C)C)c3ccc(F)cn3)c3ccnn3c2)nnn1[C@H]1CCN(C(=O)OC(C)(C)C)C[C@H]1O. The number of amides is 1. The number of fused-ring (bicyclic) bond motifs is 1. The highest BCUT2D eigenvalue weighted by Gasteiger charge is 2.38. The summed E-state index contributed by atoms with van der Waals surface area (Å²) in [6.45, 7) is 19.0. The van der Waals surface area contributed by atoms with Crippen molar-refractivity contribution in [1.29, 1.82) is 0 Å². The van der Waals surface area contributed by atoms with Crippen LogP contribution in [0.3, 0.4) is 0 Å². The van der Waals surface area contributed by atoms with E-state index in [2.05, 4.69) is 54.3 Å². The lowest BCUT2D eigenvalue weighted by molar-refractivity contribution is -0.0123. The first-order valence-corrected chi connectivity index (χ1v) is 18.8. The van der Waals surface area contributed by atoms with Crippen molar-refractivity contribution in [2.24, 2.45) is 0 Å². The molecule has 1 unspecified atom stereocenters. The van der Waals surface area contributed by atoms with E-state index in [1.807, 2.05) is 46.0 Å².